The first-order chi connectivity index (χ1) is 19.9. The Bertz CT molecular complexity index is 1070. The minimum atomic E-state index is -1.58. The summed E-state index contributed by atoms with van der Waals surface area (Å²) >= 11 is 0. The molecule has 0 amide bonds. The van der Waals surface area contributed by atoms with Crippen molar-refractivity contribution in [3.05, 3.63) is 71.8 Å². The molecule has 0 radical (unpaired) electrons. The number of aliphatic hydroxyl groups is 2. The van der Waals surface area contributed by atoms with E-state index in [1.807, 2.05) is 60.7 Å². The molecule has 2 N–H and O–H groups in total. The van der Waals surface area contributed by atoms with Crippen molar-refractivity contribution in [2.24, 2.45) is 11.8 Å². The maximum atomic E-state index is 10.9. The summed E-state index contributed by atoms with van der Waals surface area (Å²) in [7, 11) is 5.98. The molecule has 2 aliphatic heterocycles. The van der Waals surface area contributed by atoms with Gasteiger partial charge < -0.3 is 52.8 Å². The van der Waals surface area contributed by atoms with Crippen molar-refractivity contribution in [3.8, 4) is 0 Å². The van der Waals surface area contributed by atoms with Gasteiger partial charge in [0.2, 0.25) is 0 Å². The monoisotopic (exact) mass is 576 g/mol. The summed E-state index contributed by atoms with van der Waals surface area (Å²) in [6.07, 6.45) is -6.81. The van der Waals surface area contributed by atoms with Crippen LogP contribution in [0.1, 0.15) is 11.1 Å². The number of benzene rings is 2. The van der Waals surface area contributed by atoms with Crippen LogP contribution in [0, 0.1) is 11.8 Å². The predicted molar refractivity (Wildman–Crippen MR) is 143 cm³/mol. The van der Waals surface area contributed by atoms with Crippen LogP contribution >= 0.6 is 0 Å². The highest BCUT2D eigenvalue weighted by Gasteiger charge is 2.76. The third-order valence-corrected chi connectivity index (χ3v) is 8.05. The normalized spacial score (nSPS) is 38.4. The number of rotatable bonds is 13. The van der Waals surface area contributed by atoms with Crippen molar-refractivity contribution in [2.75, 3.05) is 35.0 Å². The summed E-state index contributed by atoms with van der Waals surface area (Å²) in [4.78, 5) is 0. The van der Waals surface area contributed by atoms with Gasteiger partial charge in [-0.3, -0.25) is 0 Å². The predicted octanol–water partition coefficient (Wildman–Crippen LogP) is 1.83. The molecule has 2 aromatic rings. The van der Waals surface area contributed by atoms with Gasteiger partial charge in [-0.2, -0.15) is 0 Å². The molecule has 1 aliphatic carbocycles. The van der Waals surface area contributed by atoms with E-state index in [1.54, 1.807) is 14.2 Å². The molecule has 2 saturated heterocycles. The van der Waals surface area contributed by atoms with E-state index in [0.717, 1.165) is 11.1 Å². The lowest BCUT2D eigenvalue weighted by molar-refractivity contribution is -0.365. The van der Waals surface area contributed by atoms with E-state index < -0.39 is 67.0 Å². The number of ether oxygens (including phenoxy) is 9. The van der Waals surface area contributed by atoms with E-state index in [4.69, 9.17) is 42.6 Å². The van der Waals surface area contributed by atoms with E-state index in [-0.39, 0.29) is 19.8 Å². The summed E-state index contributed by atoms with van der Waals surface area (Å²) in [6, 6.07) is 19.5. The highest BCUT2D eigenvalue weighted by atomic mass is 16.8. The van der Waals surface area contributed by atoms with Gasteiger partial charge in [-0.15, -0.1) is 0 Å². The first-order valence-corrected chi connectivity index (χ1v) is 13.7. The molecule has 3 aliphatic rings. The molecule has 11 nitrogen and oxygen atoms in total. The van der Waals surface area contributed by atoms with Gasteiger partial charge in [-0.05, 0) is 11.1 Å². The quantitative estimate of drug-likeness (QED) is 0.340. The topological polar surface area (TPSA) is 124 Å². The summed E-state index contributed by atoms with van der Waals surface area (Å²) in [5, 5.41) is 21.6. The molecule has 11 atom stereocenters. The Morgan fingerprint density at radius 3 is 1.85 bits per heavy atom. The minimum Gasteiger partial charge on any atom is -0.382 e. The second kappa shape index (κ2) is 13.5. The fourth-order valence-electron chi connectivity index (χ4n) is 5.92. The summed E-state index contributed by atoms with van der Waals surface area (Å²) in [5.41, 5.74) is 1.93. The number of fused-ring (bicyclic) bond motifs is 1. The van der Waals surface area contributed by atoms with Gasteiger partial charge in [-0.1, -0.05) is 60.7 Å². The SMILES string of the molecule is COC[C@@H]1O[C@H](OC)C(OCc2ccccc2)C(OCc2ccccc2)[C@@H]1O[C@@H]1OC(O)[C@@H]2[C@@H](C1OC)C2(O)OC. The van der Waals surface area contributed by atoms with Gasteiger partial charge in [0.25, 0.3) is 0 Å². The zero-order chi connectivity index (χ0) is 29.0. The molecule has 0 bridgehead atoms. The maximum Gasteiger partial charge on any atom is 0.187 e. The van der Waals surface area contributed by atoms with Crippen molar-refractivity contribution in [2.45, 2.75) is 68.4 Å². The van der Waals surface area contributed by atoms with Gasteiger partial charge in [0, 0.05) is 28.4 Å². The zero-order valence-corrected chi connectivity index (χ0v) is 23.7. The third kappa shape index (κ3) is 6.36. The Balaban J connectivity index is 1.43. The standard InChI is InChI=1S/C30H40O11/c1-33-17-20-23(40-29-24(34-2)21-22(27(31)41-29)30(21,32)36-4)25(37-15-18-11-7-5-8-12-18)26(28(35-3)39-20)38-16-19-13-9-6-10-14-19/h5-14,20-29,31-32H,15-17H2,1-4H3/t20-,21-,22-,23+,24?,25?,26?,27?,28-,29+,30?/m0/s1. The Morgan fingerprint density at radius 1 is 0.707 bits per heavy atom. The zero-order valence-electron chi connectivity index (χ0n) is 23.7. The van der Waals surface area contributed by atoms with Crippen LogP contribution in [0.4, 0.5) is 0 Å². The average molecular weight is 577 g/mol. The summed E-state index contributed by atoms with van der Waals surface area (Å²) < 4.78 is 53.8. The summed E-state index contributed by atoms with van der Waals surface area (Å²) in [5.74, 6) is -2.81. The van der Waals surface area contributed by atoms with Crippen LogP contribution in [0.3, 0.4) is 0 Å². The molecule has 0 spiro atoms. The summed E-state index contributed by atoms with van der Waals surface area (Å²) in [6.45, 7) is 0.705. The van der Waals surface area contributed by atoms with Gasteiger partial charge in [0.15, 0.2) is 24.7 Å². The highest BCUT2D eigenvalue weighted by molar-refractivity contribution is 5.16. The van der Waals surface area contributed by atoms with Gasteiger partial charge in [0.1, 0.15) is 30.5 Å². The van der Waals surface area contributed by atoms with Crippen molar-refractivity contribution >= 4 is 0 Å². The Morgan fingerprint density at radius 2 is 1.32 bits per heavy atom. The second-order valence-corrected chi connectivity index (χ2v) is 10.5. The first-order valence-electron chi connectivity index (χ1n) is 13.7. The average Bonchev–Trinajstić information content (AvgIpc) is 3.63. The molecular formula is C30H40O11. The minimum absolute atomic E-state index is 0.155. The molecule has 1 saturated carbocycles. The fraction of sp³-hybridized carbons (Fsp3) is 0.600. The number of hydrogen-bond acceptors (Lipinski definition) is 11. The molecule has 11 heteroatoms. The third-order valence-electron chi connectivity index (χ3n) is 8.05. The highest BCUT2D eigenvalue weighted by Crippen LogP contribution is 2.59. The van der Waals surface area contributed by atoms with E-state index in [0.29, 0.717) is 0 Å². The second-order valence-electron chi connectivity index (χ2n) is 10.5. The molecule has 2 aromatic carbocycles. The lowest BCUT2D eigenvalue weighted by atomic mass is 9.97. The molecule has 3 fully saturated rings. The fourth-order valence-corrected chi connectivity index (χ4v) is 5.92. The van der Waals surface area contributed by atoms with Crippen LogP contribution in [0.5, 0.6) is 0 Å². The first kappa shape index (κ1) is 30.5. The molecule has 5 unspecified atom stereocenters. The van der Waals surface area contributed by atoms with Gasteiger partial charge in [0.05, 0.1) is 31.7 Å². The van der Waals surface area contributed by atoms with Crippen LogP contribution in [0.15, 0.2) is 60.7 Å². The molecule has 2 heterocycles. The molecule has 0 aromatic heterocycles. The van der Waals surface area contributed by atoms with Crippen LogP contribution in [-0.2, 0) is 55.8 Å². The number of aliphatic hydroxyl groups excluding tert-OH is 1. The lowest BCUT2D eigenvalue weighted by Gasteiger charge is -2.47. The van der Waals surface area contributed by atoms with E-state index in [9.17, 15) is 10.2 Å². The maximum absolute atomic E-state index is 10.9. The van der Waals surface area contributed by atoms with E-state index in [1.165, 1.54) is 14.2 Å². The van der Waals surface area contributed by atoms with Crippen molar-refractivity contribution in [1.29, 1.82) is 0 Å². The molecule has 41 heavy (non-hydrogen) atoms. The van der Waals surface area contributed by atoms with Crippen molar-refractivity contribution < 1.29 is 52.8 Å². The molecule has 5 rings (SSSR count). The Hall–Kier alpha value is -2.00. The van der Waals surface area contributed by atoms with E-state index in [2.05, 4.69) is 0 Å². The number of methoxy groups -OCH3 is 4. The van der Waals surface area contributed by atoms with Crippen LogP contribution in [-0.4, -0.2) is 100 Å². The van der Waals surface area contributed by atoms with Gasteiger partial charge in [-0.25, -0.2) is 0 Å². The van der Waals surface area contributed by atoms with Crippen LogP contribution in [0.25, 0.3) is 0 Å². The van der Waals surface area contributed by atoms with E-state index >= 15 is 0 Å². The van der Waals surface area contributed by atoms with Crippen molar-refractivity contribution in [1.82, 2.24) is 0 Å². The molecule has 226 valence electrons. The Labute approximate surface area is 240 Å². The number of hydrogen-bond donors (Lipinski definition) is 2. The molecular weight excluding hydrogens is 536 g/mol. The largest absolute Gasteiger partial charge is 0.382 e. The van der Waals surface area contributed by atoms with Crippen molar-refractivity contribution in [3.63, 3.8) is 0 Å². The van der Waals surface area contributed by atoms with Crippen LogP contribution in [0.2, 0.25) is 0 Å². The van der Waals surface area contributed by atoms with Crippen LogP contribution < -0.4 is 0 Å². The lowest BCUT2D eigenvalue weighted by Crippen LogP contribution is -2.63. The van der Waals surface area contributed by atoms with Gasteiger partial charge >= 0.3 is 0 Å². The Kier molecular flexibility index (Phi) is 10.1. The smallest absolute Gasteiger partial charge is 0.187 e.